The molecule has 82 valence electrons. The van der Waals surface area contributed by atoms with Crippen LogP contribution in [0.25, 0.3) is 0 Å². The van der Waals surface area contributed by atoms with Crippen LogP contribution in [0.15, 0.2) is 18.2 Å². The summed E-state index contributed by atoms with van der Waals surface area (Å²) in [5.74, 6) is 0. The van der Waals surface area contributed by atoms with Gasteiger partial charge in [0.15, 0.2) is 0 Å². The van der Waals surface area contributed by atoms with Gasteiger partial charge in [0, 0.05) is 10.5 Å². The Morgan fingerprint density at radius 1 is 1.40 bits per heavy atom. The van der Waals surface area contributed by atoms with Gasteiger partial charge in [-0.1, -0.05) is 17.7 Å². The molecule has 0 saturated heterocycles. The minimum Gasteiger partial charge on any atom is -0.264 e. The number of benzene rings is 1. The first kappa shape index (κ1) is 11.8. The van der Waals surface area contributed by atoms with Crippen molar-refractivity contribution in [2.75, 3.05) is 0 Å². The molecule has 15 heavy (non-hydrogen) atoms. The molecule has 1 rings (SSSR count). The van der Waals surface area contributed by atoms with Gasteiger partial charge in [0.05, 0.1) is 10.6 Å². The minimum absolute atomic E-state index is 0.0645. The zero-order valence-electron chi connectivity index (χ0n) is 7.21. The van der Waals surface area contributed by atoms with Crippen molar-refractivity contribution >= 4 is 11.6 Å². The topological polar surface area (TPSA) is 43.1 Å². The van der Waals surface area contributed by atoms with E-state index in [1.165, 1.54) is 0 Å². The number of rotatable bonds is 2. The van der Waals surface area contributed by atoms with E-state index < -0.39 is 23.2 Å². The predicted octanol–water partition coefficient (Wildman–Crippen LogP) is 3.14. The van der Waals surface area contributed by atoms with Crippen LogP contribution < -0.4 is 0 Å². The fourth-order valence-electron chi connectivity index (χ4n) is 0.991. The standard InChI is InChI=1S/C8H5ClF3NO2/c9-7-3-6(8(10,11)12)2-1-5(7)4-13(14)15/h1-3H,4H2. The lowest BCUT2D eigenvalue weighted by molar-refractivity contribution is -0.496. The van der Waals surface area contributed by atoms with Gasteiger partial charge in [-0.15, -0.1) is 0 Å². The number of nitro groups is 1. The van der Waals surface area contributed by atoms with E-state index in [1.54, 1.807) is 0 Å². The van der Waals surface area contributed by atoms with Crippen LogP contribution in [0.2, 0.25) is 5.02 Å². The smallest absolute Gasteiger partial charge is 0.264 e. The number of nitrogens with zero attached hydrogens (tertiary/aromatic N) is 1. The Morgan fingerprint density at radius 3 is 2.40 bits per heavy atom. The van der Waals surface area contributed by atoms with E-state index in [0.29, 0.717) is 6.07 Å². The van der Waals surface area contributed by atoms with Crippen LogP contribution in [0.4, 0.5) is 13.2 Å². The highest BCUT2D eigenvalue weighted by Gasteiger charge is 2.31. The molecule has 0 N–H and O–H groups in total. The monoisotopic (exact) mass is 239 g/mol. The number of halogens is 4. The van der Waals surface area contributed by atoms with E-state index in [4.69, 9.17) is 11.6 Å². The molecule has 3 nitrogen and oxygen atoms in total. The van der Waals surface area contributed by atoms with Gasteiger partial charge in [0.2, 0.25) is 6.54 Å². The van der Waals surface area contributed by atoms with Gasteiger partial charge in [-0.25, -0.2) is 0 Å². The first-order valence-electron chi connectivity index (χ1n) is 3.78. The average Bonchev–Trinajstić information content (AvgIpc) is 2.05. The Kier molecular flexibility index (Phi) is 3.18. The third kappa shape index (κ3) is 3.09. The molecule has 0 spiro atoms. The molecule has 0 atom stereocenters. The molecule has 0 fully saturated rings. The lowest BCUT2D eigenvalue weighted by atomic mass is 10.1. The van der Waals surface area contributed by atoms with Gasteiger partial charge in [-0.05, 0) is 12.1 Å². The molecular weight excluding hydrogens is 235 g/mol. The molecule has 0 aromatic heterocycles. The molecule has 0 aliphatic heterocycles. The normalized spacial score (nSPS) is 11.5. The Hall–Kier alpha value is -1.30. The Morgan fingerprint density at radius 2 is 2.00 bits per heavy atom. The Labute approximate surface area is 87.6 Å². The fraction of sp³-hybridized carbons (Fsp3) is 0.250. The van der Waals surface area contributed by atoms with Crippen molar-refractivity contribution < 1.29 is 18.1 Å². The average molecular weight is 240 g/mol. The highest BCUT2D eigenvalue weighted by Crippen LogP contribution is 2.32. The second kappa shape index (κ2) is 4.06. The fourth-order valence-corrected chi connectivity index (χ4v) is 1.23. The van der Waals surface area contributed by atoms with Crippen LogP contribution in [0.1, 0.15) is 11.1 Å². The summed E-state index contributed by atoms with van der Waals surface area (Å²) < 4.78 is 36.5. The van der Waals surface area contributed by atoms with Gasteiger partial charge in [-0.3, -0.25) is 10.1 Å². The molecule has 0 radical (unpaired) electrons. The number of alkyl halides is 3. The Balaban J connectivity index is 3.03. The first-order valence-corrected chi connectivity index (χ1v) is 4.16. The van der Waals surface area contributed by atoms with Gasteiger partial charge in [0.25, 0.3) is 0 Å². The molecule has 1 aromatic rings. The highest BCUT2D eigenvalue weighted by atomic mass is 35.5. The van der Waals surface area contributed by atoms with Crippen molar-refractivity contribution in [1.29, 1.82) is 0 Å². The van der Waals surface area contributed by atoms with E-state index in [0.717, 1.165) is 12.1 Å². The van der Waals surface area contributed by atoms with E-state index in [9.17, 15) is 23.3 Å². The van der Waals surface area contributed by atoms with E-state index in [1.807, 2.05) is 0 Å². The van der Waals surface area contributed by atoms with E-state index in [2.05, 4.69) is 0 Å². The van der Waals surface area contributed by atoms with E-state index >= 15 is 0 Å². The maximum Gasteiger partial charge on any atom is 0.416 e. The largest absolute Gasteiger partial charge is 0.416 e. The van der Waals surface area contributed by atoms with Gasteiger partial charge >= 0.3 is 6.18 Å². The summed E-state index contributed by atoms with van der Waals surface area (Å²) >= 11 is 5.48. The van der Waals surface area contributed by atoms with Crippen LogP contribution in [0, 0.1) is 10.1 Å². The molecule has 1 aromatic carbocycles. The summed E-state index contributed by atoms with van der Waals surface area (Å²) in [6.07, 6.45) is -4.49. The molecule has 7 heteroatoms. The molecule has 0 unspecified atom stereocenters. The Bertz CT molecular complexity index is 392. The van der Waals surface area contributed by atoms with Crippen LogP contribution in [0.3, 0.4) is 0 Å². The van der Waals surface area contributed by atoms with Crippen molar-refractivity contribution in [3.8, 4) is 0 Å². The van der Waals surface area contributed by atoms with Crippen LogP contribution in [-0.2, 0) is 12.7 Å². The SMILES string of the molecule is O=[N+]([O-])Cc1ccc(C(F)(F)F)cc1Cl. The van der Waals surface area contributed by atoms with Gasteiger partial charge in [0.1, 0.15) is 0 Å². The maximum absolute atomic E-state index is 12.2. The summed E-state index contributed by atoms with van der Waals surface area (Å²) in [5, 5.41) is 9.88. The second-order valence-corrected chi connectivity index (χ2v) is 3.20. The molecular formula is C8H5ClF3NO2. The third-order valence-corrected chi connectivity index (χ3v) is 2.03. The van der Waals surface area contributed by atoms with Crippen molar-refractivity contribution in [3.63, 3.8) is 0 Å². The number of hydrogen-bond acceptors (Lipinski definition) is 2. The predicted molar refractivity (Wildman–Crippen MR) is 47.2 cm³/mol. The zero-order valence-corrected chi connectivity index (χ0v) is 7.97. The first-order chi connectivity index (χ1) is 6.80. The van der Waals surface area contributed by atoms with Crippen molar-refractivity contribution in [3.05, 3.63) is 44.5 Å². The van der Waals surface area contributed by atoms with Crippen molar-refractivity contribution in [2.24, 2.45) is 0 Å². The van der Waals surface area contributed by atoms with Crippen LogP contribution in [-0.4, -0.2) is 4.92 Å². The molecule has 0 saturated carbocycles. The van der Waals surface area contributed by atoms with Crippen LogP contribution >= 0.6 is 11.6 Å². The summed E-state index contributed by atoms with van der Waals surface area (Å²) in [7, 11) is 0. The van der Waals surface area contributed by atoms with Gasteiger partial charge in [-0.2, -0.15) is 13.2 Å². The molecule has 0 aliphatic carbocycles. The highest BCUT2D eigenvalue weighted by molar-refractivity contribution is 6.31. The minimum atomic E-state index is -4.49. The molecule has 0 amide bonds. The lowest BCUT2D eigenvalue weighted by Gasteiger charge is -2.07. The third-order valence-electron chi connectivity index (χ3n) is 1.68. The summed E-state index contributed by atoms with van der Waals surface area (Å²) in [4.78, 5) is 9.47. The van der Waals surface area contributed by atoms with Crippen molar-refractivity contribution in [1.82, 2.24) is 0 Å². The van der Waals surface area contributed by atoms with Crippen LogP contribution in [0.5, 0.6) is 0 Å². The quantitative estimate of drug-likeness (QED) is 0.588. The number of hydrogen-bond donors (Lipinski definition) is 0. The molecule has 0 bridgehead atoms. The molecule has 0 heterocycles. The lowest BCUT2D eigenvalue weighted by Crippen LogP contribution is -2.06. The van der Waals surface area contributed by atoms with E-state index in [-0.39, 0.29) is 10.6 Å². The summed E-state index contributed by atoms with van der Waals surface area (Å²) in [5.41, 5.74) is -0.853. The molecule has 0 aliphatic rings. The second-order valence-electron chi connectivity index (χ2n) is 2.79. The van der Waals surface area contributed by atoms with Gasteiger partial charge < -0.3 is 0 Å². The summed E-state index contributed by atoms with van der Waals surface area (Å²) in [6, 6.07) is 2.46. The zero-order chi connectivity index (χ0) is 11.6. The maximum atomic E-state index is 12.2. The summed E-state index contributed by atoms with van der Waals surface area (Å²) in [6.45, 7) is -0.586. The van der Waals surface area contributed by atoms with Crippen molar-refractivity contribution in [2.45, 2.75) is 12.7 Å².